The maximum Gasteiger partial charge on any atom is 0.334 e. The highest BCUT2D eigenvalue weighted by Gasteiger charge is 2.24. The lowest BCUT2D eigenvalue weighted by atomic mass is 10.1. The van der Waals surface area contributed by atoms with Gasteiger partial charge in [-0.2, -0.15) is 11.8 Å². The Morgan fingerprint density at radius 2 is 1.96 bits per heavy atom. The Morgan fingerprint density at radius 1 is 1.26 bits per heavy atom. The molecule has 142 valence electrons. The second-order valence-electron chi connectivity index (χ2n) is 5.46. The summed E-state index contributed by atoms with van der Waals surface area (Å²) >= 11 is 7.28. The summed E-state index contributed by atoms with van der Waals surface area (Å²) in [4.78, 5) is 35.2. The first-order chi connectivity index (χ1) is 12.9. The first-order valence-corrected chi connectivity index (χ1v) is 9.70. The summed E-state index contributed by atoms with van der Waals surface area (Å²) in [5.41, 5.74) is -0.343. The molecule has 2 aromatic rings. The van der Waals surface area contributed by atoms with Crippen LogP contribution < -0.4 is 10.1 Å². The number of nitrogens with zero attached hydrogens (tertiary/aromatic N) is 1. The van der Waals surface area contributed by atoms with Gasteiger partial charge in [0.05, 0.1) is 4.92 Å². The predicted molar refractivity (Wildman–Crippen MR) is 104 cm³/mol. The van der Waals surface area contributed by atoms with Crippen molar-refractivity contribution in [3.8, 4) is 5.75 Å². The zero-order valence-corrected chi connectivity index (χ0v) is 16.0. The van der Waals surface area contributed by atoms with Crippen LogP contribution in [0.4, 0.5) is 5.69 Å². The number of rotatable bonds is 8. The van der Waals surface area contributed by atoms with E-state index in [2.05, 4.69) is 5.32 Å². The number of para-hydroxylation sites is 1. The van der Waals surface area contributed by atoms with Crippen molar-refractivity contribution in [2.24, 2.45) is 0 Å². The zero-order valence-electron chi connectivity index (χ0n) is 14.4. The second-order valence-corrected chi connectivity index (χ2v) is 6.86. The van der Waals surface area contributed by atoms with Crippen LogP contribution in [-0.4, -0.2) is 34.9 Å². The van der Waals surface area contributed by atoms with Crippen molar-refractivity contribution >= 4 is 40.9 Å². The number of thioether (sulfide) groups is 1. The van der Waals surface area contributed by atoms with E-state index < -0.39 is 22.8 Å². The van der Waals surface area contributed by atoms with Crippen LogP contribution in [-0.2, 0) is 4.79 Å². The predicted octanol–water partition coefficient (Wildman–Crippen LogP) is 3.71. The van der Waals surface area contributed by atoms with Crippen molar-refractivity contribution < 1.29 is 19.2 Å². The van der Waals surface area contributed by atoms with Crippen LogP contribution in [0.25, 0.3) is 0 Å². The van der Waals surface area contributed by atoms with E-state index in [1.807, 2.05) is 6.26 Å². The van der Waals surface area contributed by atoms with Crippen LogP contribution >= 0.6 is 23.4 Å². The first-order valence-electron chi connectivity index (χ1n) is 7.93. The Kier molecular flexibility index (Phi) is 7.63. The van der Waals surface area contributed by atoms with Crippen molar-refractivity contribution in [2.75, 3.05) is 12.0 Å². The van der Waals surface area contributed by atoms with Gasteiger partial charge in [-0.25, -0.2) is 4.79 Å². The fourth-order valence-corrected chi connectivity index (χ4v) is 2.85. The molecule has 1 amide bonds. The summed E-state index contributed by atoms with van der Waals surface area (Å²) in [6.07, 6.45) is 2.23. The molecule has 0 aliphatic rings. The number of halogens is 1. The molecule has 7 nitrogen and oxygen atoms in total. The van der Waals surface area contributed by atoms with Crippen molar-refractivity contribution in [1.29, 1.82) is 0 Å². The van der Waals surface area contributed by atoms with Gasteiger partial charge in [0.1, 0.15) is 16.8 Å². The molecule has 0 saturated heterocycles. The molecule has 0 unspecified atom stereocenters. The van der Waals surface area contributed by atoms with E-state index in [0.717, 1.165) is 6.07 Å². The summed E-state index contributed by atoms with van der Waals surface area (Å²) < 4.78 is 5.30. The van der Waals surface area contributed by atoms with Gasteiger partial charge in [0.25, 0.3) is 11.6 Å². The topological polar surface area (TPSA) is 98.5 Å². The molecular weight excluding hydrogens is 392 g/mol. The van der Waals surface area contributed by atoms with Gasteiger partial charge in [-0.1, -0.05) is 29.8 Å². The van der Waals surface area contributed by atoms with E-state index in [4.69, 9.17) is 16.3 Å². The van der Waals surface area contributed by atoms with E-state index in [9.17, 15) is 19.7 Å². The fraction of sp³-hybridized carbons (Fsp3) is 0.222. The molecule has 0 spiro atoms. The van der Waals surface area contributed by atoms with E-state index >= 15 is 0 Å². The van der Waals surface area contributed by atoms with Crippen LogP contribution in [0, 0.1) is 10.1 Å². The van der Waals surface area contributed by atoms with Gasteiger partial charge < -0.3 is 10.1 Å². The number of esters is 1. The average Bonchev–Trinajstić information content (AvgIpc) is 2.65. The van der Waals surface area contributed by atoms with Gasteiger partial charge in [-0.05, 0) is 42.7 Å². The van der Waals surface area contributed by atoms with Crippen LogP contribution in [0.1, 0.15) is 16.8 Å². The molecule has 9 heteroatoms. The van der Waals surface area contributed by atoms with E-state index in [-0.39, 0.29) is 16.3 Å². The fourth-order valence-electron chi connectivity index (χ4n) is 2.20. The highest BCUT2D eigenvalue weighted by atomic mass is 35.5. The molecule has 0 aromatic heterocycles. The van der Waals surface area contributed by atoms with E-state index in [1.54, 1.807) is 30.3 Å². The normalized spacial score (nSPS) is 11.5. The highest BCUT2D eigenvalue weighted by molar-refractivity contribution is 7.98. The van der Waals surface area contributed by atoms with Gasteiger partial charge in [0, 0.05) is 11.6 Å². The molecule has 0 aliphatic carbocycles. The molecule has 2 aromatic carbocycles. The summed E-state index contributed by atoms with van der Waals surface area (Å²) in [6, 6.07) is 11.3. The van der Waals surface area contributed by atoms with Gasteiger partial charge in [0.2, 0.25) is 0 Å². The maximum absolute atomic E-state index is 12.5. The summed E-state index contributed by atoms with van der Waals surface area (Å²) in [6.45, 7) is 0. The Balaban J connectivity index is 2.15. The lowest BCUT2D eigenvalue weighted by molar-refractivity contribution is -0.384. The SMILES string of the molecule is CSCC[C@H](NC(=O)c1ccc(Cl)c([N+](=O)[O-])c1)C(=O)Oc1ccccc1. The molecule has 0 saturated carbocycles. The Bertz CT molecular complexity index is 832. The number of hydrogen-bond acceptors (Lipinski definition) is 6. The molecule has 0 radical (unpaired) electrons. The molecule has 1 atom stereocenters. The number of carbonyl (C=O) groups is 2. The lowest BCUT2D eigenvalue weighted by Crippen LogP contribution is -2.43. The molecule has 0 aliphatic heterocycles. The highest BCUT2D eigenvalue weighted by Crippen LogP contribution is 2.25. The number of ether oxygens (including phenoxy) is 1. The van der Waals surface area contributed by atoms with E-state index in [0.29, 0.717) is 17.9 Å². The lowest BCUT2D eigenvalue weighted by Gasteiger charge is -2.17. The molecule has 0 fully saturated rings. The Labute approximate surface area is 165 Å². The van der Waals surface area contributed by atoms with Crippen LogP contribution in [0.5, 0.6) is 5.75 Å². The average molecular weight is 409 g/mol. The minimum atomic E-state index is -0.889. The minimum Gasteiger partial charge on any atom is -0.425 e. The Hall–Kier alpha value is -2.58. The zero-order chi connectivity index (χ0) is 19.8. The standard InChI is InChI=1S/C18H17ClN2O5S/c1-27-10-9-15(18(23)26-13-5-3-2-4-6-13)20-17(22)12-7-8-14(19)16(11-12)21(24)25/h2-8,11,15H,9-10H2,1H3,(H,20,22)/t15-/m0/s1. The quantitative estimate of drug-likeness (QED) is 0.309. The van der Waals surface area contributed by atoms with Crippen molar-refractivity contribution in [1.82, 2.24) is 5.32 Å². The van der Waals surface area contributed by atoms with E-state index in [1.165, 1.54) is 23.9 Å². The largest absolute Gasteiger partial charge is 0.425 e. The number of amides is 1. The maximum atomic E-state index is 12.5. The van der Waals surface area contributed by atoms with Crippen LogP contribution in [0.2, 0.25) is 5.02 Å². The molecule has 2 rings (SSSR count). The summed E-state index contributed by atoms with van der Waals surface area (Å²) in [5.74, 6) is -0.235. The van der Waals surface area contributed by atoms with Crippen molar-refractivity contribution in [2.45, 2.75) is 12.5 Å². The molecule has 0 bridgehead atoms. The summed E-state index contributed by atoms with van der Waals surface area (Å²) in [5, 5.41) is 13.5. The molecule has 27 heavy (non-hydrogen) atoms. The van der Waals surface area contributed by atoms with Crippen molar-refractivity contribution in [3.05, 3.63) is 69.2 Å². The third-order valence-electron chi connectivity index (χ3n) is 3.57. The number of benzene rings is 2. The van der Waals surface area contributed by atoms with Crippen LogP contribution in [0.3, 0.4) is 0 Å². The summed E-state index contributed by atoms with van der Waals surface area (Å²) in [7, 11) is 0. The van der Waals surface area contributed by atoms with Crippen molar-refractivity contribution in [3.63, 3.8) is 0 Å². The minimum absolute atomic E-state index is 0.0350. The number of carbonyl (C=O) groups excluding carboxylic acids is 2. The van der Waals surface area contributed by atoms with Gasteiger partial charge in [0.15, 0.2) is 0 Å². The third kappa shape index (κ3) is 5.97. The van der Waals surface area contributed by atoms with Crippen LogP contribution in [0.15, 0.2) is 48.5 Å². The van der Waals surface area contributed by atoms with Gasteiger partial charge in [-0.3, -0.25) is 14.9 Å². The number of hydrogen-bond donors (Lipinski definition) is 1. The third-order valence-corrected chi connectivity index (χ3v) is 4.53. The van der Waals surface area contributed by atoms with Gasteiger partial charge >= 0.3 is 5.97 Å². The number of nitrogens with one attached hydrogen (secondary N) is 1. The molecular formula is C18H17ClN2O5S. The number of nitro groups is 1. The monoisotopic (exact) mass is 408 g/mol. The molecule has 1 N–H and O–H groups in total. The Morgan fingerprint density at radius 3 is 2.59 bits per heavy atom. The molecule has 0 heterocycles. The van der Waals surface area contributed by atoms with Gasteiger partial charge in [-0.15, -0.1) is 0 Å². The number of nitro benzene ring substituents is 1. The first kappa shape index (κ1) is 20.7. The smallest absolute Gasteiger partial charge is 0.334 e. The second kappa shape index (κ2) is 9.94.